The molecule has 0 aliphatic rings. The molecule has 0 aromatic heterocycles. The van der Waals surface area contributed by atoms with Crippen molar-refractivity contribution in [3.63, 3.8) is 0 Å². The Balaban J connectivity index is 2.34. The molecule has 1 N–H and O–H groups in total. The summed E-state index contributed by atoms with van der Waals surface area (Å²) in [6, 6.07) is 9.32. The normalized spacial score (nSPS) is 10.8. The topological polar surface area (TPSA) is 97.5 Å². The van der Waals surface area contributed by atoms with E-state index in [1.54, 1.807) is 24.3 Å². The van der Waals surface area contributed by atoms with Crippen molar-refractivity contribution in [2.45, 2.75) is 9.79 Å². The number of nitrogens with zero attached hydrogens (tertiary/aromatic N) is 1. The Morgan fingerprint density at radius 1 is 1.08 bits per heavy atom. The Hall–Kier alpha value is -2.35. The average Bonchev–Trinajstić information content (AvgIpc) is 2.58. The first-order valence-electron chi connectivity index (χ1n) is 6.66. The van der Waals surface area contributed by atoms with Crippen molar-refractivity contribution in [3.8, 4) is 0 Å². The number of benzene rings is 2. The molecule has 0 atom stereocenters. The van der Waals surface area contributed by atoms with Gasteiger partial charge in [-0.2, -0.15) is 0 Å². The molecular formula is C16H9Cl2NO5S. The Morgan fingerprint density at radius 2 is 1.76 bits per heavy atom. The number of rotatable bonds is 6. The minimum atomic E-state index is -1.58. The van der Waals surface area contributed by atoms with Crippen LogP contribution in [0.25, 0.3) is 6.08 Å². The molecule has 0 saturated carbocycles. The molecule has 25 heavy (non-hydrogen) atoms. The molecule has 2 rings (SSSR count). The largest absolute Gasteiger partial charge is 0.475 e. The van der Waals surface area contributed by atoms with Crippen LogP contribution in [-0.4, -0.2) is 21.8 Å². The molecule has 128 valence electrons. The third-order valence-corrected chi connectivity index (χ3v) is 5.12. The van der Waals surface area contributed by atoms with Crippen LogP contribution in [0.15, 0.2) is 52.3 Å². The van der Waals surface area contributed by atoms with Gasteiger partial charge in [-0.3, -0.25) is 14.9 Å². The van der Waals surface area contributed by atoms with E-state index in [0.717, 1.165) is 17.8 Å². The van der Waals surface area contributed by atoms with E-state index < -0.39 is 16.7 Å². The highest BCUT2D eigenvalue weighted by Gasteiger charge is 2.17. The number of halogens is 2. The first kappa shape index (κ1) is 19.0. The number of nitro benzene ring substituents is 1. The molecule has 0 aliphatic carbocycles. The van der Waals surface area contributed by atoms with Crippen LogP contribution in [0.4, 0.5) is 5.69 Å². The van der Waals surface area contributed by atoms with Crippen molar-refractivity contribution in [2.24, 2.45) is 0 Å². The molecule has 9 heteroatoms. The van der Waals surface area contributed by atoms with Crippen LogP contribution in [-0.2, 0) is 9.59 Å². The lowest BCUT2D eigenvalue weighted by Crippen LogP contribution is -2.08. The van der Waals surface area contributed by atoms with E-state index in [-0.39, 0.29) is 15.7 Å². The van der Waals surface area contributed by atoms with Gasteiger partial charge in [-0.05, 0) is 29.8 Å². The van der Waals surface area contributed by atoms with Gasteiger partial charge in [0.1, 0.15) is 0 Å². The zero-order chi connectivity index (χ0) is 18.6. The molecule has 0 amide bonds. The van der Waals surface area contributed by atoms with E-state index in [0.29, 0.717) is 15.4 Å². The first-order valence-corrected chi connectivity index (χ1v) is 8.23. The maximum atomic E-state index is 11.1. The predicted molar refractivity (Wildman–Crippen MR) is 95.4 cm³/mol. The van der Waals surface area contributed by atoms with E-state index in [9.17, 15) is 19.7 Å². The molecular weight excluding hydrogens is 389 g/mol. The van der Waals surface area contributed by atoms with Gasteiger partial charge < -0.3 is 5.11 Å². The number of nitro groups is 1. The number of hydrogen-bond donors (Lipinski definition) is 1. The molecule has 0 saturated heterocycles. The van der Waals surface area contributed by atoms with Gasteiger partial charge in [0.25, 0.3) is 11.5 Å². The molecule has 0 spiro atoms. The minimum Gasteiger partial charge on any atom is -0.475 e. The van der Waals surface area contributed by atoms with Crippen molar-refractivity contribution in [1.29, 1.82) is 0 Å². The smallest absolute Gasteiger partial charge is 0.376 e. The Bertz CT molecular complexity index is 898. The number of carboxylic acid groups (broad SMARTS) is 1. The van der Waals surface area contributed by atoms with Crippen LogP contribution in [0.1, 0.15) is 5.56 Å². The SMILES string of the molecule is O=C(O)C(=O)/C=C/c1ccc(Sc2ccccc2[N+](=O)[O-])c(Cl)c1Cl. The van der Waals surface area contributed by atoms with Crippen LogP contribution in [0.2, 0.25) is 10.0 Å². The lowest BCUT2D eigenvalue weighted by molar-refractivity contribution is -0.387. The molecule has 2 aromatic carbocycles. The van der Waals surface area contributed by atoms with Gasteiger partial charge in [0.2, 0.25) is 0 Å². The van der Waals surface area contributed by atoms with Gasteiger partial charge in [-0.25, -0.2) is 4.79 Å². The van der Waals surface area contributed by atoms with Gasteiger partial charge in [0, 0.05) is 11.0 Å². The molecule has 0 radical (unpaired) electrons. The van der Waals surface area contributed by atoms with Crippen molar-refractivity contribution in [3.05, 3.63) is 68.2 Å². The van der Waals surface area contributed by atoms with Crippen molar-refractivity contribution < 1.29 is 19.6 Å². The quantitative estimate of drug-likeness (QED) is 0.327. The molecule has 2 aromatic rings. The summed E-state index contributed by atoms with van der Waals surface area (Å²) in [4.78, 5) is 33.0. The summed E-state index contributed by atoms with van der Waals surface area (Å²) in [7, 11) is 0. The van der Waals surface area contributed by atoms with Crippen LogP contribution < -0.4 is 0 Å². The molecule has 0 aliphatic heterocycles. The fourth-order valence-electron chi connectivity index (χ4n) is 1.80. The molecule has 0 bridgehead atoms. The number of ketones is 1. The third kappa shape index (κ3) is 4.60. The van der Waals surface area contributed by atoms with Gasteiger partial charge in [0.15, 0.2) is 0 Å². The lowest BCUT2D eigenvalue weighted by Gasteiger charge is -2.08. The number of carbonyl (C=O) groups excluding carboxylic acids is 1. The fraction of sp³-hybridized carbons (Fsp3) is 0. The summed E-state index contributed by atoms with van der Waals surface area (Å²) in [5.41, 5.74) is 0.295. The van der Waals surface area contributed by atoms with Crippen LogP contribution >= 0.6 is 35.0 Å². The maximum absolute atomic E-state index is 11.1. The second kappa shape index (κ2) is 8.15. The van der Waals surface area contributed by atoms with Crippen LogP contribution in [0.3, 0.4) is 0 Å². The van der Waals surface area contributed by atoms with Crippen LogP contribution in [0.5, 0.6) is 0 Å². The second-order valence-corrected chi connectivity index (χ2v) is 6.45. The highest BCUT2D eigenvalue weighted by atomic mass is 35.5. The zero-order valence-electron chi connectivity index (χ0n) is 12.3. The van der Waals surface area contributed by atoms with E-state index >= 15 is 0 Å². The van der Waals surface area contributed by atoms with Crippen molar-refractivity contribution in [1.82, 2.24) is 0 Å². The number of para-hydroxylation sites is 1. The highest BCUT2D eigenvalue weighted by molar-refractivity contribution is 7.99. The predicted octanol–water partition coefficient (Wildman–Crippen LogP) is 4.72. The van der Waals surface area contributed by atoms with E-state index in [1.165, 1.54) is 18.2 Å². The van der Waals surface area contributed by atoms with Crippen LogP contribution in [0, 0.1) is 10.1 Å². The summed E-state index contributed by atoms with van der Waals surface area (Å²) >= 11 is 13.4. The van der Waals surface area contributed by atoms with Crippen molar-refractivity contribution >= 4 is 58.5 Å². The van der Waals surface area contributed by atoms with Gasteiger partial charge in [0.05, 0.1) is 19.9 Å². The molecule has 0 heterocycles. The van der Waals surface area contributed by atoms with E-state index in [4.69, 9.17) is 28.3 Å². The van der Waals surface area contributed by atoms with Gasteiger partial charge in [-0.1, -0.05) is 53.2 Å². The average molecular weight is 398 g/mol. The fourth-order valence-corrected chi connectivity index (χ4v) is 3.33. The summed E-state index contributed by atoms with van der Waals surface area (Å²) in [6.45, 7) is 0. The maximum Gasteiger partial charge on any atom is 0.376 e. The number of carbonyl (C=O) groups is 2. The summed E-state index contributed by atoms with van der Waals surface area (Å²) < 4.78 is 0. The molecule has 0 fully saturated rings. The Morgan fingerprint density at radius 3 is 2.40 bits per heavy atom. The monoisotopic (exact) mass is 397 g/mol. The first-order chi connectivity index (χ1) is 11.8. The standard InChI is InChI=1S/C16H9Cl2NO5S/c17-14-9(5-7-11(20)16(21)22)6-8-13(15(14)18)25-12-4-2-1-3-10(12)19(23)24/h1-8H,(H,21,22)/b7-5+. The van der Waals surface area contributed by atoms with E-state index in [1.807, 2.05) is 0 Å². The van der Waals surface area contributed by atoms with Crippen molar-refractivity contribution in [2.75, 3.05) is 0 Å². The van der Waals surface area contributed by atoms with Gasteiger partial charge in [-0.15, -0.1) is 0 Å². The summed E-state index contributed by atoms with van der Waals surface area (Å²) in [5, 5.41) is 19.9. The highest BCUT2D eigenvalue weighted by Crippen LogP contribution is 2.41. The molecule has 0 unspecified atom stereocenters. The summed E-state index contributed by atoms with van der Waals surface area (Å²) in [6.07, 6.45) is 2.11. The number of carboxylic acids is 1. The molecule has 6 nitrogen and oxygen atoms in total. The minimum absolute atomic E-state index is 0.0595. The van der Waals surface area contributed by atoms with Gasteiger partial charge >= 0.3 is 5.97 Å². The third-order valence-electron chi connectivity index (χ3n) is 2.98. The number of aliphatic carboxylic acids is 1. The Kier molecular flexibility index (Phi) is 6.19. The zero-order valence-corrected chi connectivity index (χ0v) is 14.6. The lowest BCUT2D eigenvalue weighted by atomic mass is 10.2. The number of hydrogen-bond acceptors (Lipinski definition) is 5. The van der Waals surface area contributed by atoms with E-state index in [2.05, 4.69) is 0 Å². The Labute approximate surface area is 156 Å². The second-order valence-electron chi connectivity index (χ2n) is 4.61. The summed E-state index contributed by atoms with van der Waals surface area (Å²) in [5.74, 6) is -2.67.